The van der Waals surface area contributed by atoms with Crippen molar-refractivity contribution in [1.29, 1.82) is 0 Å². The average Bonchev–Trinajstić information content (AvgIpc) is 2.77. The van der Waals surface area contributed by atoms with E-state index in [1.807, 2.05) is 56.3 Å². The van der Waals surface area contributed by atoms with E-state index < -0.39 is 0 Å². The Morgan fingerprint density at radius 1 is 1.10 bits per heavy atom. The average molecular weight is 409 g/mol. The van der Waals surface area contributed by atoms with E-state index in [0.29, 0.717) is 22.3 Å². The van der Waals surface area contributed by atoms with Crippen molar-refractivity contribution in [3.05, 3.63) is 92.9 Å². The number of terminal acetylenes is 1. The van der Waals surface area contributed by atoms with Crippen molar-refractivity contribution in [2.24, 2.45) is 0 Å². The lowest BCUT2D eigenvalue weighted by Crippen LogP contribution is -2.13. The first-order valence-corrected chi connectivity index (χ1v) is 10.2. The van der Waals surface area contributed by atoms with Crippen molar-refractivity contribution in [3.63, 3.8) is 0 Å². The van der Waals surface area contributed by atoms with Gasteiger partial charge in [-0.15, -0.1) is 6.42 Å². The molecule has 0 bridgehead atoms. The molecule has 0 saturated heterocycles. The molecule has 0 spiro atoms. The first-order valence-electron chi connectivity index (χ1n) is 10.2. The molecule has 0 amide bonds. The number of nitrogens with zero attached hydrogens (tertiary/aromatic N) is 1. The normalized spacial score (nSPS) is 11.8. The molecule has 0 aliphatic carbocycles. The number of pyridine rings is 1. The van der Waals surface area contributed by atoms with Crippen LogP contribution in [0.25, 0.3) is 22.3 Å². The first-order chi connectivity index (χ1) is 14.9. The van der Waals surface area contributed by atoms with Crippen molar-refractivity contribution >= 4 is 16.7 Å². The Bertz CT molecular complexity index is 1390. The van der Waals surface area contributed by atoms with Crippen LogP contribution in [-0.2, 0) is 0 Å². The maximum atomic E-state index is 13.3. The summed E-state index contributed by atoms with van der Waals surface area (Å²) < 4.78 is 6.41. The predicted molar refractivity (Wildman–Crippen MR) is 126 cm³/mol. The zero-order valence-electron chi connectivity index (χ0n) is 18.1. The molecule has 1 N–H and O–H groups in total. The quantitative estimate of drug-likeness (QED) is 0.425. The highest BCUT2D eigenvalue weighted by Crippen LogP contribution is 2.32. The number of aryl methyl sites for hydroxylation is 2. The number of rotatable bonds is 4. The molecule has 0 fully saturated rings. The molecule has 31 heavy (non-hydrogen) atoms. The van der Waals surface area contributed by atoms with Crippen molar-refractivity contribution in [2.45, 2.75) is 33.7 Å². The van der Waals surface area contributed by atoms with Gasteiger partial charge in [0.1, 0.15) is 11.3 Å². The van der Waals surface area contributed by atoms with Gasteiger partial charge in [0.25, 0.3) is 0 Å². The summed E-state index contributed by atoms with van der Waals surface area (Å²) in [5.74, 6) is 3.19. The van der Waals surface area contributed by atoms with E-state index in [0.717, 1.165) is 33.6 Å². The van der Waals surface area contributed by atoms with Gasteiger partial charge in [0, 0.05) is 28.5 Å². The van der Waals surface area contributed by atoms with Crippen LogP contribution in [0.4, 0.5) is 5.69 Å². The Kier molecular flexibility index (Phi) is 5.35. The van der Waals surface area contributed by atoms with Crippen LogP contribution in [0.5, 0.6) is 0 Å². The van der Waals surface area contributed by atoms with Crippen LogP contribution >= 0.6 is 0 Å². The zero-order valence-corrected chi connectivity index (χ0v) is 18.1. The highest BCUT2D eigenvalue weighted by molar-refractivity contribution is 5.84. The van der Waals surface area contributed by atoms with Crippen molar-refractivity contribution in [3.8, 4) is 23.7 Å². The van der Waals surface area contributed by atoms with Crippen LogP contribution in [0.1, 0.15) is 40.9 Å². The molecule has 154 valence electrons. The van der Waals surface area contributed by atoms with Gasteiger partial charge in [-0.3, -0.25) is 9.78 Å². The van der Waals surface area contributed by atoms with E-state index in [4.69, 9.17) is 10.8 Å². The standard InChI is InChI=1S/C27H24N2O2/c1-6-20-9-7-10-21(15-20)26-17(3)25(30)23-14-16(2)13-22(27(23)31-26)18(4)29-24-11-8-12-28-19(24)5/h1,7-15,18,29H,2-5H3/t18-/m1/s1. The highest BCUT2D eigenvalue weighted by Gasteiger charge is 2.19. The SMILES string of the molecule is C#Cc1cccc(-c2oc3c([C@@H](C)Nc4cccnc4C)cc(C)cc3c(=O)c2C)c1. The Labute approximate surface area is 182 Å². The van der Waals surface area contributed by atoms with Gasteiger partial charge in [-0.25, -0.2) is 0 Å². The topological polar surface area (TPSA) is 55.1 Å². The van der Waals surface area contributed by atoms with Crippen LogP contribution in [0, 0.1) is 33.1 Å². The third kappa shape index (κ3) is 3.83. The maximum Gasteiger partial charge on any atom is 0.196 e. The van der Waals surface area contributed by atoms with Crippen LogP contribution in [-0.4, -0.2) is 4.98 Å². The minimum atomic E-state index is -0.0963. The lowest BCUT2D eigenvalue weighted by molar-refractivity contribution is 0.605. The molecule has 0 aliphatic heterocycles. The lowest BCUT2D eigenvalue weighted by atomic mass is 9.98. The number of hydrogen-bond acceptors (Lipinski definition) is 4. The van der Waals surface area contributed by atoms with Gasteiger partial charge in [-0.1, -0.05) is 24.1 Å². The van der Waals surface area contributed by atoms with Crippen LogP contribution in [0.3, 0.4) is 0 Å². The molecular weight excluding hydrogens is 384 g/mol. The number of anilines is 1. The summed E-state index contributed by atoms with van der Waals surface area (Å²) in [6.07, 6.45) is 7.34. The smallest absolute Gasteiger partial charge is 0.196 e. The van der Waals surface area contributed by atoms with E-state index in [1.54, 1.807) is 13.1 Å². The van der Waals surface area contributed by atoms with Crippen molar-refractivity contribution < 1.29 is 4.42 Å². The molecule has 2 aromatic heterocycles. The molecule has 1 atom stereocenters. The number of aromatic nitrogens is 1. The Morgan fingerprint density at radius 2 is 1.90 bits per heavy atom. The van der Waals surface area contributed by atoms with E-state index in [2.05, 4.69) is 29.2 Å². The molecule has 0 unspecified atom stereocenters. The van der Waals surface area contributed by atoms with Gasteiger partial charge in [0.05, 0.1) is 22.8 Å². The monoisotopic (exact) mass is 408 g/mol. The first kappa shape index (κ1) is 20.4. The van der Waals surface area contributed by atoms with E-state index in [-0.39, 0.29) is 11.5 Å². The fourth-order valence-electron chi connectivity index (χ4n) is 3.86. The minimum absolute atomic E-state index is 0.0305. The molecule has 2 aromatic carbocycles. The Morgan fingerprint density at radius 3 is 2.65 bits per heavy atom. The fraction of sp³-hybridized carbons (Fsp3) is 0.185. The third-order valence-electron chi connectivity index (χ3n) is 5.53. The second-order valence-electron chi connectivity index (χ2n) is 7.84. The number of fused-ring (bicyclic) bond motifs is 1. The lowest BCUT2D eigenvalue weighted by Gasteiger charge is -2.19. The Hall–Kier alpha value is -3.84. The molecule has 4 aromatic rings. The van der Waals surface area contributed by atoms with Crippen molar-refractivity contribution in [2.75, 3.05) is 5.32 Å². The molecule has 0 saturated carbocycles. The van der Waals surface area contributed by atoms with Gasteiger partial charge in [-0.05, 0) is 63.6 Å². The third-order valence-corrected chi connectivity index (χ3v) is 5.53. The maximum absolute atomic E-state index is 13.3. The zero-order chi connectivity index (χ0) is 22.1. The fourth-order valence-corrected chi connectivity index (χ4v) is 3.86. The number of hydrogen-bond donors (Lipinski definition) is 1. The van der Waals surface area contributed by atoms with Gasteiger partial charge in [0.15, 0.2) is 5.43 Å². The summed E-state index contributed by atoms with van der Waals surface area (Å²) in [4.78, 5) is 17.6. The summed E-state index contributed by atoms with van der Waals surface area (Å²) in [5, 5.41) is 4.09. The molecule has 0 radical (unpaired) electrons. The van der Waals surface area contributed by atoms with Gasteiger partial charge >= 0.3 is 0 Å². The molecule has 4 nitrogen and oxygen atoms in total. The second kappa shape index (κ2) is 8.12. The molecule has 4 heteroatoms. The van der Waals surface area contributed by atoms with E-state index in [1.165, 1.54) is 0 Å². The van der Waals surface area contributed by atoms with Gasteiger partial charge in [0.2, 0.25) is 0 Å². The van der Waals surface area contributed by atoms with E-state index in [9.17, 15) is 4.79 Å². The van der Waals surface area contributed by atoms with Crippen molar-refractivity contribution in [1.82, 2.24) is 4.98 Å². The summed E-state index contributed by atoms with van der Waals surface area (Å²) >= 11 is 0. The number of benzene rings is 2. The molecular formula is C27H24N2O2. The van der Waals surface area contributed by atoms with Gasteiger partial charge < -0.3 is 9.73 Å². The highest BCUT2D eigenvalue weighted by atomic mass is 16.3. The second-order valence-corrected chi connectivity index (χ2v) is 7.84. The summed E-state index contributed by atoms with van der Waals surface area (Å²) in [6, 6.07) is 15.3. The van der Waals surface area contributed by atoms with Gasteiger partial charge in [-0.2, -0.15) is 0 Å². The van der Waals surface area contributed by atoms with Crippen LogP contribution in [0.2, 0.25) is 0 Å². The number of nitrogens with one attached hydrogen (secondary N) is 1. The molecule has 2 heterocycles. The summed E-state index contributed by atoms with van der Waals surface area (Å²) in [5.41, 5.74) is 6.45. The van der Waals surface area contributed by atoms with Crippen LogP contribution < -0.4 is 10.7 Å². The largest absolute Gasteiger partial charge is 0.455 e. The van der Waals surface area contributed by atoms with E-state index >= 15 is 0 Å². The molecule has 4 rings (SSSR count). The summed E-state index contributed by atoms with van der Waals surface area (Å²) in [6.45, 7) is 7.80. The summed E-state index contributed by atoms with van der Waals surface area (Å²) in [7, 11) is 0. The predicted octanol–water partition coefficient (Wildman–Crippen LogP) is 5.93. The molecule has 0 aliphatic rings. The Balaban J connectivity index is 1.92. The minimum Gasteiger partial charge on any atom is -0.455 e. The van der Waals surface area contributed by atoms with Crippen LogP contribution in [0.15, 0.2) is 63.9 Å².